The van der Waals surface area contributed by atoms with Crippen LogP contribution in [0.5, 0.6) is 0 Å². The summed E-state index contributed by atoms with van der Waals surface area (Å²) in [6, 6.07) is 20.6. The fraction of sp³-hybridized carbons (Fsp3) is 0.381. The summed E-state index contributed by atoms with van der Waals surface area (Å²) in [6.07, 6.45) is 3.24. The number of hydrogen-bond donors (Lipinski definition) is 3. The van der Waals surface area contributed by atoms with Gasteiger partial charge >= 0.3 is 0 Å². The normalized spacial score (nSPS) is 21.2. The molecule has 0 atom stereocenters. The number of carbonyl (C=O) groups is 1. The molecule has 4 heteroatoms. The van der Waals surface area contributed by atoms with Gasteiger partial charge in [-0.25, -0.2) is 0 Å². The van der Waals surface area contributed by atoms with E-state index in [1.54, 1.807) is 0 Å². The van der Waals surface area contributed by atoms with Crippen LogP contribution in [0, 0.1) is 0 Å². The third-order valence-corrected chi connectivity index (χ3v) is 5.42. The summed E-state index contributed by atoms with van der Waals surface area (Å²) < 4.78 is 0. The summed E-state index contributed by atoms with van der Waals surface area (Å²) in [5, 5.41) is 10.5. The molecule has 0 unspecified atom stereocenters. The van der Waals surface area contributed by atoms with Crippen LogP contribution in [-0.2, 0) is 17.6 Å². The van der Waals surface area contributed by atoms with Gasteiger partial charge in [0, 0.05) is 0 Å². The Bertz CT molecular complexity index is 682. The maximum absolute atomic E-state index is 13.2. The lowest BCUT2D eigenvalue weighted by Gasteiger charge is -2.37. The lowest BCUT2D eigenvalue weighted by atomic mass is 9.84. The molecule has 0 saturated carbocycles. The van der Waals surface area contributed by atoms with Crippen molar-refractivity contribution >= 4 is 5.91 Å². The minimum Gasteiger partial charge on any atom is -0.336 e. The number of amides is 1. The van der Waals surface area contributed by atoms with Crippen molar-refractivity contribution in [2.75, 3.05) is 13.1 Å². The molecule has 0 aromatic heterocycles. The van der Waals surface area contributed by atoms with E-state index in [9.17, 15) is 4.79 Å². The molecular formula is C21H25N3O. The number of hydrogen-bond acceptors (Lipinski definition) is 3. The molecule has 2 aromatic rings. The van der Waals surface area contributed by atoms with Gasteiger partial charge < -0.3 is 10.6 Å². The lowest BCUT2D eigenvalue weighted by Crippen LogP contribution is -2.59. The van der Waals surface area contributed by atoms with Crippen molar-refractivity contribution in [2.45, 2.75) is 36.9 Å². The Hall–Kier alpha value is -2.17. The second kappa shape index (κ2) is 6.62. The summed E-state index contributed by atoms with van der Waals surface area (Å²) in [5.41, 5.74) is 1.51. The Morgan fingerprint density at radius 3 is 1.84 bits per heavy atom. The van der Waals surface area contributed by atoms with Crippen molar-refractivity contribution < 1.29 is 4.79 Å². The highest BCUT2D eigenvalue weighted by atomic mass is 16.2. The largest absolute Gasteiger partial charge is 0.336 e. The Balaban J connectivity index is 1.67. The zero-order chi connectivity index (χ0) is 17.2. The molecule has 2 aliphatic heterocycles. The van der Waals surface area contributed by atoms with Crippen molar-refractivity contribution in [3.63, 3.8) is 0 Å². The van der Waals surface area contributed by atoms with Crippen molar-refractivity contribution in [3.8, 4) is 0 Å². The maximum Gasteiger partial charge on any atom is 0.242 e. The smallest absolute Gasteiger partial charge is 0.242 e. The second-order valence-electron chi connectivity index (χ2n) is 7.32. The van der Waals surface area contributed by atoms with Gasteiger partial charge in [0.1, 0.15) is 5.54 Å². The molecule has 0 radical (unpaired) electrons. The summed E-state index contributed by atoms with van der Waals surface area (Å²) in [6.45, 7) is 1.86. The monoisotopic (exact) mass is 335 g/mol. The number of nitrogens with one attached hydrogen (secondary N) is 3. The standard InChI is InChI=1S/C21H25N3O/c25-19-20(15-17-7-3-1-4-8-17,16-18-9-5-2-6-10-18)24-21(23-19)11-13-22-14-12-21/h1-10,22,24H,11-16H2,(H,23,25). The SMILES string of the molecule is O=C1NC2(CCNCC2)NC1(Cc1ccccc1)Cc1ccccc1. The van der Waals surface area contributed by atoms with Crippen LogP contribution in [-0.4, -0.2) is 30.2 Å². The van der Waals surface area contributed by atoms with Crippen molar-refractivity contribution in [1.29, 1.82) is 0 Å². The first kappa shape index (κ1) is 16.3. The summed E-state index contributed by atoms with van der Waals surface area (Å²) in [5.74, 6) is 0.127. The molecule has 1 spiro atoms. The van der Waals surface area contributed by atoms with Crippen molar-refractivity contribution in [2.24, 2.45) is 0 Å². The number of benzene rings is 2. The molecule has 130 valence electrons. The highest BCUT2D eigenvalue weighted by Crippen LogP contribution is 2.31. The predicted molar refractivity (Wildman–Crippen MR) is 99.1 cm³/mol. The molecule has 2 aromatic carbocycles. The van der Waals surface area contributed by atoms with E-state index in [4.69, 9.17) is 0 Å². The van der Waals surface area contributed by atoms with Gasteiger partial charge in [0.15, 0.2) is 0 Å². The van der Waals surface area contributed by atoms with Crippen molar-refractivity contribution in [3.05, 3.63) is 71.8 Å². The molecule has 25 heavy (non-hydrogen) atoms. The van der Waals surface area contributed by atoms with E-state index < -0.39 is 5.54 Å². The van der Waals surface area contributed by atoms with E-state index in [2.05, 4.69) is 40.2 Å². The van der Waals surface area contributed by atoms with Crippen LogP contribution in [0.25, 0.3) is 0 Å². The van der Waals surface area contributed by atoms with E-state index in [0.717, 1.165) is 25.9 Å². The van der Waals surface area contributed by atoms with Crippen LogP contribution < -0.4 is 16.0 Å². The molecule has 4 nitrogen and oxygen atoms in total. The zero-order valence-electron chi connectivity index (χ0n) is 14.4. The van der Waals surface area contributed by atoms with Gasteiger partial charge in [-0.15, -0.1) is 0 Å². The van der Waals surface area contributed by atoms with Gasteiger partial charge in [0.05, 0.1) is 5.66 Å². The quantitative estimate of drug-likeness (QED) is 0.801. The van der Waals surface area contributed by atoms with Crippen LogP contribution >= 0.6 is 0 Å². The van der Waals surface area contributed by atoms with E-state index in [1.807, 2.05) is 36.4 Å². The zero-order valence-corrected chi connectivity index (χ0v) is 14.4. The lowest BCUT2D eigenvalue weighted by molar-refractivity contribution is -0.124. The highest BCUT2D eigenvalue weighted by Gasteiger charge is 2.53. The molecular weight excluding hydrogens is 310 g/mol. The minimum absolute atomic E-state index is 0.127. The maximum atomic E-state index is 13.2. The van der Waals surface area contributed by atoms with Gasteiger partial charge in [-0.1, -0.05) is 60.7 Å². The fourth-order valence-corrected chi connectivity index (χ4v) is 4.19. The Morgan fingerprint density at radius 1 is 0.800 bits per heavy atom. The first-order valence-electron chi connectivity index (χ1n) is 9.10. The van der Waals surface area contributed by atoms with Gasteiger partial charge in [0.25, 0.3) is 0 Å². The minimum atomic E-state index is -0.597. The predicted octanol–water partition coefficient (Wildman–Crippen LogP) is 2.01. The first-order valence-corrected chi connectivity index (χ1v) is 9.10. The summed E-state index contributed by atoms with van der Waals surface area (Å²) in [7, 11) is 0. The van der Waals surface area contributed by atoms with Gasteiger partial charge in [-0.05, 0) is 49.9 Å². The average molecular weight is 335 g/mol. The van der Waals surface area contributed by atoms with Gasteiger partial charge in [-0.2, -0.15) is 0 Å². The first-order chi connectivity index (χ1) is 12.2. The molecule has 1 amide bonds. The van der Waals surface area contributed by atoms with Crippen molar-refractivity contribution in [1.82, 2.24) is 16.0 Å². The molecule has 2 fully saturated rings. The molecule has 2 saturated heterocycles. The Kier molecular flexibility index (Phi) is 4.32. The summed E-state index contributed by atoms with van der Waals surface area (Å²) in [4.78, 5) is 13.2. The third kappa shape index (κ3) is 3.32. The van der Waals surface area contributed by atoms with Gasteiger partial charge in [-0.3, -0.25) is 10.1 Å². The molecule has 2 heterocycles. The highest BCUT2D eigenvalue weighted by molar-refractivity contribution is 5.90. The molecule has 0 aliphatic carbocycles. The molecule has 4 rings (SSSR count). The molecule has 3 N–H and O–H groups in total. The number of piperidine rings is 1. The van der Waals surface area contributed by atoms with E-state index in [-0.39, 0.29) is 11.6 Å². The van der Waals surface area contributed by atoms with Crippen LogP contribution in [0.2, 0.25) is 0 Å². The number of carbonyl (C=O) groups excluding carboxylic acids is 1. The third-order valence-electron chi connectivity index (χ3n) is 5.42. The average Bonchev–Trinajstić information content (AvgIpc) is 2.88. The molecule has 0 bridgehead atoms. The Morgan fingerprint density at radius 2 is 1.32 bits per heavy atom. The van der Waals surface area contributed by atoms with E-state index in [1.165, 1.54) is 11.1 Å². The van der Waals surface area contributed by atoms with Crippen LogP contribution in [0.1, 0.15) is 24.0 Å². The van der Waals surface area contributed by atoms with Crippen LogP contribution in [0.15, 0.2) is 60.7 Å². The molecule has 2 aliphatic rings. The number of rotatable bonds is 4. The van der Waals surface area contributed by atoms with Crippen LogP contribution in [0.3, 0.4) is 0 Å². The second-order valence-corrected chi connectivity index (χ2v) is 7.32. The Labute approximate surface area is 149 Å². The fourth-order valence-electron chi connectivity index (χ4n) is 4.19. The summed E-state index contributed by atoms with van der Waals surface area (Å²) >= 11 is 0. The van der Waals surface area contributed by atoms with Gasteiger partial charge in [0.2, 0.25) is 5.91 Å². The van der Waals surface area contributed by atoms with Crippen LogP contribution in [0.4, 0.5) is 0 Å². The van der Waals surface area contributed by atoms with E-state index >= 15 is 0 Å². The topological polar surface area (TPSA) is 53.2 Å². The van der Waals surface area contributed by atoms with E-state index in [0.29, 0.717) is 12.8 Å².